The Labute approximate surface area is 181 Å². The monoisotopic (exact) mass is 449 g/mol. The van der Waals surface area contributed by atoms with Crippen LogP contribution >= 0.6 is 11.6 Å². The van der Waals surface area contributed by atoms with Crippen molar-refractivity contribution in [2.24, 2.45) is 5.92 Å². The standard InChI is InChI=1S/C22H24ClNO5S/c23-17-10-12-18(13-11-17)30(28,29)24-14-16(6-2-1-3-9-22(26)27)20(15-24)19-7-4-5-8-21(19)25/h1-2,4-5,7-8,10-13,16,20,25H,3,6,9,14-15H2,(H,26,27)/b2-1-/t16-,20+/m0/s1. The third-order valence-electron chi connectivity index (χ3n) is 5.33. The molecule has 6 nitrogen and oxygen atoms in total. The number of hydrogen-bond acceptors (Lipinski definition) is 4. The van der Waals surface area contributed by atoms with Gasteiger partial charge < -0.3 is 10.2 Å². The second-order valence-corrected chi connectivity index (χ2v) is 9.72. The number of nitrogens with zero attached hydrogens (tertiary/aromatic N) is 1. The van der Waals surface area contributed by atoms with Crippen LogP contribution in [0.25, 0.3) is 0 Å². The Morgan fingerprint density at radius 2 is 1.80 bits per heavy atom. The molecule has 1 saturated heterocycles. The number of aromatic hydroxyl groups is 1. The van der Waals surface area contributed by atoms with Crippen LogP contribution in [0.3, 0.4) is 0 Å². The van der Waals surface area contributed by atoms with Gasteiger partial charge >= 0.3 is 5.97 Å². The number of para-hydroxylation sites is 1. The summed E-state index contributed by atoms with van der Waals surface area (Å²) in [5.41, 5.74) is 0.718. The molecule has 0 aromatic heterocycles. The minimum absolute atomic E-state index is 0.0403. The van der Waals surface area contributed by atoms with Gasteiger partial charge in [0, 0.05) is 30.5 Å². The molecule has 30 heavy (non-hydrogen) atoms. The highest BCUT2D eigenvalue weighted by atomic mass is 35.5. The van der Waals surface area contributed by atoms with Crippen LogP contribution in [0.5, 0.6) is 5.75 Å². The molecule has 2 N–H and O–H groups in total. The molecule has 0 spiro atoms. The summed E-state index contributed by atoms with van der Waals surface area (Å²) >= 11 is 5.89. The topological polar surface area (TPSA) is 94.9 Å². The van der Waals surface area contributed by atoms with E-state index in [9.17, 15) is 18.3 Å². The summed E-state index contributed by atoms with van der Waals surface area (Å²) in [6, 6.07) is 13.1. The van der Waals surface area contributed by atoms with Crippen LogP contribution in [0.4, 0.5) is 0 Å². The SMILES string of the molecule is O=C(O)CC/C=C\C[C@H]1CN(S(=O)(=O)c2ccc(Cl)cc2)C[C@H]1c1ccccc1O. The highest BCUT2D eigenvalue weighted by molar-refractivity contribution is 7.89. The first-order valence-electron chi connectivity index (χ1n) is 9.69. The smallest absolute Gasteiger partial charge is 0.303 e. The predicted octanol–water partition coefficient (Wildman–Crippen LogP) is 4.26. The van der Waals surface area contributed by atoms with Crippen molar-refractivity contribution in [3.8, 4) is 5.75 Å². The van der Waals surface area contributed by atoms with E-state index in [1.165, 1.54) is 16.4 Å². The van der Waals surface area contributed by atoms with Crippen molar-refractivity contribution >= 4 is 27.6 Å². The Bertz CT molecular complexity index is 1020. The van der Waals surface area contributed by atoms with Crippen LogP contribution in [-0.2, 0) is 14.8 Å². The van der Waals surface area contributed by atoms with Gasteiger partial charge in [0.15, 0.2) is 0 Å². The van der Waals surface area contributed by atoms with Crippen molar-refractivity contribution < 1.29 is 23.4 Å². The van der Waals surface area contributed by atoms with Crippen molar-refractivity contribution in [1.29, 1.82) is 0 Å². The van der Waals surface area contributed by atoms with Gasteiger partial charge in [-0.25, -0.2) is 8.42 Å². The molecule has 0 aliphatic carbocycles. The average Bonchev–Trinajstić information content (AvgIpc) is 3.13. The lowest BCUT2D eigenvalue weighted by Crippen LogP contribution is -2.29. The van der Waals surface area contributed by atoms with E-state index in [2.05, 4.69) is 0 Å². The normalized spacial score (nSPS) is 20.0. The van der Waals surface area contributed by atoms with E-state index in [0.717, 1.165) is 5.56 Å². The highest BCUT2D eigenvalue weighted by Gasteiger charge is 2.40. The summed E-state index contributed by atoms with van der Waals surface area (Å²) in [7, 11) is -3.70. The molecule has 0 unspecified atom stereocenters. The molecule has 1 aliphatic heterocycles. The van der Waals surface area contributed by atoms with Crippen molar-refractivity contribution in [2.45, 2.75) is 30.1 Å². The molecule has 0 radical (unpaired) electrons. The zero-order valence-electron chi connectivity index (χ0n) is 16.3. The molecule has 0 amide bonds. The lowest BCUT2D eigenvalue weighted by atomic mass is 9.86. The molecule has 0 saturated carbocycles. The Morgan fingerprint density at radius 3 is 2.47 bits per heavy atom. The fourth-order valence-electron chi connectivity index (χ4n) is 3.77. The largest absolute Gasteiger partial charge is 0.508 e. The number of carboxylic acids is 1. The zero-order chi connectivity index (χ0) is 21.7. The molecule has 0 bridgehead atoms. The first kappa shape index (κ1) is 22.3. The van der Waals surface area contributed by atoms with Crippen LogP contribution < -0.4 is 0 Å². The van der Waals surface area contributed by atoms with Gasteiger partial charge in [-0.2, -0.15) is 4.31 Å². The molecule has 1 heterocycles. The van der Waals surface area contributed by atoms with E-state index in [1.54, 1.807) is 24.3 Å². The van der Waals surface area contributed by atoms with Crippen LogP contribution in [0.2, 0.25) is 5.02 Å². The van der Waals surface area contributed by atoms with Crippen LogP contribution in [0.1, 0.15) is 30.7 Å². The van der Waals surface area contributed by atoms with Gasteiger partial charge in [-0.3, -0.25) is 4.79 Å². The minimum Gasteiger partial charge on any atom is -0.508 e. The lowest BCUT2D eigenvalue weighted by Gasteiger charge is -2.18. The summed E-state index contributed by atoms with van der Waals surface area (Å²) in [6.45, 7) is 0.573. The predicted molar refractivity (Wildman–Crippen MR) is 115 cm³/mol. The number of halogens is 1. The molecular weight excluding hydrogens is 426 g/mol. The number of phenolic OH excluding ortho intramolecular Hbond substituents is 1. The van der Waals surface area contributed by atoms with Crippen molar-refractivity contribution in [1.82, 2.24) is 4.31 Å². The van der Waals surface area contributed by atoms with E-state index >= 15 is 0 Å². The average molecular weight is 450 g/mol. The van der Waals surface area contributed by atoms with Gasteiger partial charge in [-0.15, -0.1) is 0 Å². The van der Waals surface area contributed by atoms with Crippen molar-refractivity contribution in [3.63, 3.8) is 0 Å². The molecule has 3 rings (SSSR count). The Balaban J connectivity index is 1.83. The van der Waals surface area contributed by atoms with Gasteiger partial charge in [0.05, 0.1) is 4.90 Å². The fraction of sp³-hybridized carbons (Fsp3) is 0.318. The number of sulfonamides is 1. The highest BCUT2D eigenvalue weighted by Crippen LogP contribution is 2.40. The Kier molecular flexibility index (Phi) is 7.18. The maximum absolute atomic E-state index is 13.1. The second kappa shape index (κ2) is 9.64. The number of rotatable bonds is 8. The number of carbonyl (C=O) groups is 1. The minimum atomic E-state index is -3.70. The first-order valence-corrected chi connectivity index (χ1v) is 11.5. The summed E-state index contributed by atoms with van der Waals surface area (Å²) in [4.78, 5) is 10.8. The van der Waals surface area contributed by atoms with Gasteiger partial charge in [0.1, 0.15) is 5.75 Å². The van der Waals surface area contributed by atoms with Gasteiger partial charge in [0.25, 0.3) is 0 Å². The van der Waals surface area contributed by atoms with E-state index in [1.807, 2.05) is 24.3 Å². The molecule has 160 valence electrons. The summed E-state index contributed by atoms with van der Waals surface area (Å²) in [5.74, 6) is -0.917. The molecular formula is C22H24ClNO5S. The maximum atomic E-state index is 13.1. The van der Waals surface area contributed by atoms with E-state index in [0.29, 0.717) is 24.4 Å². The number of allylic oxidation sites excluding steroid dienone is 2. The van der Waals surface area contributed by atoms with Crippen LogP contribution in [-0.4, -0.2) is 42.0 Å². The lowest BCUT2D eigenvalue weighted by molar-refractivity contribution is -0.136. The first-order chi connectivity index (χ1) is 14.3. The number of aliphatic carboxylic acids is 1. The third kappa shape index (κ3) is 5.22. The zero-order valence-corrected chi connectivity index (χ0v) is 17.9. The fourth-order valence-corrected chi connectivity index (χ4v) is 5.42. The Hall–Kier alpha value is -2.35. The number of carboxylic acid groups (broad SMARTS) is 1. The van der Waals surface area contributed by atoms with E-state index < -0.39 is 16.0 Å². The molecule has 1 fully saturated rings. The molecule has 8 heteroatoms. The molecule has 2 atom stereocenters. The third-order valence-corrected chi connectivity index (χ3v) is 7.42. The van der Waals surface area contributed by atoms with Crippen LogP contribution in [0.15, 0.2) is 65.6 Å². The van der Waals surface area contributed by atoms with Gasteiger partial charge in [-0.05, 0) is 54.7 Å². The molecule has 2 aromatic carbocycles. The van der Waals surface area contributed by atoms with E-state index in [-0.39, 0.29) is 35.4 Å². The van der Waals surface area contributed by atoms with Gasteiger partial charge in [0.2, 0.25) is 10.0 Å². The molecule has 2 aromatic rings. The van der Waals surface area contributed by atoms with Gasteiger partial charge in [-0.1, -0.05) is 42.0 Å². The number of benzene rings is 2. The van der Waals surface area contributed by atoms with Crippen molar-refractivity contribution in [2.75, 3.05) is 13.1 Å². The number of hydrogen-bond donors (Lipinski definition) is 2. The maximum Gasteiger partial charge on any atom is 0.303 e. The number of phenols is 1. The quantitative estimate of drug-likeness (QED) is 0.587. The Morgan fingerprint density at radius 1 is 1.10 bits per heavy atom. The molecule has 1 aliphatic rings. The van der Waals surface area contributed by atoms with Crippen LogP contribution in [0, 0.1) is 5.92 Å². The summed E-state index contributed by atoms with van der Waals surface area (Å²) in [5, 5.41) is 19.5. The van der Waals surface area contributed by atoms with E-state index in [4.69, 9.17) is 16.7 Å². The second-order valence-electron chi connectivity index (χ2n) is 7.34. The summed E-state index contributed by atoms with van der Waals surface area (Å²) in [6.07, 6.45) is 4.79. The van der Waals surface area contributed by atoms with Crippen molar-refractivity contribution in [3.05, 3.63) is 71.3 Å². The summed E-state index contributed by atoms with van der Waals surface area (Å²) < 4.78 is 27.7.